The van der Waals surface area contributed by atoms with Crippen molar-refractivity contribution in [2.75, 3.05) is 18.4 Å². The highest BCUT2D eigenvalue weighted by Crippen LogP contribution is 2.23. The lowest BCUT2D eigenvalue weighted by Crippen LogP contribution is -2.39. The molecule has 1 saturated heterocycles. The van der Waals surface area contributed by atoms with Gasteiger partial charge in [0.2, 0.25) is 5.91 Å². The summed E-state index contributed by atoms with van der Waals surface area (Å²) in [5, 5.41) is 3.21. The van der Waals surface area contributed by atoms with Crippen molar-refractivity contribution in [3.63, 3.8) is 0 Å². The summed E-state index contributed by atoms with van der Waals surface area (Å²) in [6.07, 6.45) is 1.34. The van der Waals surface area contributed by atoms with Crippen LogP contribution in [0, 0.1) is 5.82 Å². The summed E-state index contributed by atoms with van der Waals surface area (Å²) in [5.74, 6) is -0.860. The van der Waals surface area contributed by atoms with E-state index < -0.39 is 6.04 Å². The zero-order valence-corrected chi connectivity index (χ0v) is 19.5. The van der Waals surface area contributed by atoms with Gasteiger partial charge in [0.25, 0.3) is 5.91 Å². The number of nitrogens with zero attached hydrogens (tertiary/aromatic N) is 2. The van der Waals surface area contributed by atoms with E-state index in [1.807, 2.05) is 65.6 Å². The Bertz CT molecular complexity index is 1140. The Morgan fingerprint density at radius 3 is 2.00 bits per heavy atom. The Balaban J connectivity index is 1.47. The predicted octanol–water partition coefficient (Wildman–Crippen LogP) is 4.44. The average molecular weight is 476 g/mol. The molecule has 0 radical (unpaired) electrons. The van der Waals surface area contributed by atoms with E-state index in [0.717, 1.165) is 11.1 Å². The van der Waals surface area contributed by atoms with Gasteiger partial charge in [0.05, 0.1) is 6.42 Å². The van der Waals surface area contributed by atoms with Gasteiger partial charge in [-0.2, -0.15) is 0 Å². The summed E-state index contributed by atoms with van der Waals surface area (Å²) in [6, 6.07) is 24.8. The van der Waals surface area contributed by atoms with Crippen LogP contribution >= 0.6 is 12.2 Å². The van der Waals surface area contributed by atoms with E-state index in [1.165, 1.54) is 24.3 Å². The molecule has 0 spiro atoms. The molecule has 4 rings (SSSR count). The molecule has 7 heteroatoms. The Morgan fingerprint density at radius 1 is 0.853 bits per heavy atom. The molecule has 174 valence electrons. The molecular weight excluding hydrogens is 449 g/mol. The maximum Gasteiger partial charge on any atom is 0.252 e. The number of anilines is 1. The van der Waals surface area contributed by atoms with Gasteiger partial charge in [0.1, 0.15) is 11.9 Å². The second kappa shape index (κ2) is 11.0. The van der Waals surface area contributed by atoms with E-state index in [4.69, 9.17) is 12.2 Å². The van der Waals surface area contributed by atoms with Crippen LogP contribution in [-0.2, 0) is 22.4 Å². The highest BCUT2D eigenvalue weighted by molar-refractivity contribution is 7.80. The first-order chi connectivity index (χ1) is 16.5. The zero-order chi connectivity index (χ0) is 23.9. The van der Waals surface area contributed by atoms with Crippen LogP contribution in [0.4, 0.5) is 10.1 Å². The first-order valence-corrected chi connectivity index (χ1v) is 11.7. The summed E-state index contributed by atoms with van der Waals surface area (Å²) < 4.78 is 13.2. The van der Waals surface area contributed by atoms with Gasteiger partial charge in [-0.3, -0.25) is 14.5 Å². The van der Waals surface area contributed by atoms with E-state index in [0.29, 0.717) is 36.7 Å². The monoisotopic (exact) mass is 475 g/mol. The molecule has 0 bridgehead atoms. The Kier molecular flexibility index (Phi) is 7.65. The fourth-order valence-electron chi connectivity index (χ4n) is 4.05. The third kappa shape index (κ3) is 5.85. The number of carbonyl (C=O) groups excluding carboxylic acids is 2. The van der Waals surface area contributed by atoms with Crippen LogP contribution in [-0.4, -0.2) is 45.9 Å². The number of carbonyl (C=O) groups is 2. The van der Waals surface area contributed by atoms with Gasteiger partial charge in [-0.25, -0.2) is 4.39 Å². The van der Waals surface area contributed by atoms with Crippen molar-refractivity contribution in [3.8, 4) is 0 Å². The highest BCUT2D eigenvalue weighted by atomic mass is 32.1. The second-order valence-electron chi connectivity index (χ2n) is 8.21. The Hall–Kier alpha value is -3.58. The lowest BCUT2D eigenvalue weighted by atomic mass is 10.1. The molecule has 0 saturated carbocycles. The van der Waals surface area contributed by atoms with Crippen molar-refractivity contribution in [2.45, 2.75) is 25.3 Å². The maximum atomic E-state index is 13.4. The average Bonchev–Trinajstić information content (AvgIpc) is 3.07. The number of hydrogen-bond acceptors (Lipinski definition) is 3. The van der Waals surface area contributed by atoms with E-state index in [2.05, 4.69) is 5.32 Å². The first-order valence-electron chi connectivity index (χ1n) is 11.3. The van der Waals surface area contributed by atoms with Crippen LogP contribution in [0.2, 0.25) is 0 Å². The number of rotatable bonds is 9. The third-order valence-corrected chi connectivity index (χ3v) is 6.32. The standard InChI is InChI=1S/C27H26FN3O2S/c28-22-11-13-23(14-12-22)29-25(32)19-24-26(33)31(18-16-21-9-5-2-6-10-21)27(34)30(24)17-15-20-7-3-1-4-8-20/h1-14,24H,15-19H2,(H,29,32)/t24-/m0/s1. The number of amides is 2. The molecule has 1 aliphatic rings. The Labute approximate surface area is 204 Å². The lowest BCUT2D eigenvalue weighted by Gasteiger charge is -2.24. The van der Waals surface area contributed by atoms with Crippen molar-refractivity contribution >= 4 is 34.8 Å². The van der Waals surface area contributed by atoms with Gasteiger partial charge >= 0.3 is 0 Å². The fraction of sp³-hybridized carbons (Fsp3) is 0.222. The van der Waals surface area contributed by atoms with Gasteiger partial charge in [-0.05, 0) is 60.5 Å². The number of halogens is 1. The van der Waals surface area contributed by atoms with Crippen molar-refractivity contribution in [3.05, 3.63) is 102 Å². The summed E-state index contributed by atoms with van der Waals surface area (Å²) in [7, 11) is 0. The summed E-state index contributed by atoms with van der Waals surface area (Å²) in [5.41, 5.74) is 2.73. The number of nitrogens with one attached hydrogen (secondary N) is 1. The Morgan fingerprint density at radius 2 is 1.41 bits per heavy atom. The van der Waals surface area contributed by atoms with Crippen LogP contribution in [0.5, 0.6) is 0 Å². The smallest absolute Gasteiger partial charge is 0.252 e. The number of benzene rings is 3. The molecule has 1 N–H and O–H groups in total. The SMILES string of the molecule is O=C(C[C@H]1C(=O)N(CCc2ccccc2)C(=S)N1CCc1ccccc1)Nc1ccc(F)cc1. The van der Waals surface area contributed by atoms with E-state index in [1.54, 1.807) is 4.90 Å². The minimum absolute atomic E-state index is 0.0347. The molecule has 1 aliphatic heterocycles. The molecule has 1 atom stereocenters. The molecule has 0 aromatic heterocycles. The van der Waals surface area contributed by atoms with Gasteiger partial charge in [0.15, 0.2) is 5.11 Å². The minimum Gasteiger partial charge on any atom is -0.336 e. The molecule has 5 nitrogen and oxygen atoms in total. The number of thiocarbonyl (C=S) groups is 1. The van der Waals surface area contributed by atoms with Gasteiger partial charge < -0.3 is 10.2 Å². The molecule has 0 aliphatic carbocycles. The van der Waals surface area contributed by atoms with Crippen LogP contribution < -0.4 is 5.32 Å². The second-order valence-corrected chi connectivity index (χ2v) is 8.58. The van der Waals surface area contributed by atoms with Crippen LogP contribution in [0.1, 0.15) is 17.5 Å². The minimum atomic E-state index is -0.674. The van der Waals surface area contributed by atoms with Crippen LogP contribution in [0.3, 0.4) is 0 Å². The molecule has 3 aromatic rings. The summed E-state index contributed by atoms with van der Waals surface area (Å²) >= 11 is 5.70. The fourth-order valence-corrected chi connectivity index (χ4v) is 4.45. The van der Waals surface area contributed by atoms with E-state index >= 15 is 0 Å². The molecule has 1 heterocycles. The van der Waals surface area contributed by atoms with Crippen molar-refractivity contribution in [1.82, 2.24) is 9.80 Å². The van der Waals surface area contributed by atoms with Gasteiger partial charge in [-0.15, -0.1) is 0 Å². The topological polar surface area (TPSA) is 52.7 Å². The van der Waals surface area contributed by atoms with Crippen molar-refractivity contribution < 1.29 is 14.0 Å². The highest BCUT2D eigenvalue weighted by Gasteiger charge is 2.42. The third-order valence-electron chi connectivity index (χ3n) is 5.86. The van der Waals surface area contributed by atoms with Crippen molar-refractivity contribution in [1.29, 1.82) is 0 Å². The van der Waals surface area contributed by atoms with Crippen LogP contribution in [0.15, 0.2) is 84.9 Å². The number of hydrogen-bond donors (Lipinski definition) is 1. The quantitative estimate of drug-likeness (QED) is 0.465. The molecule has 34 heavy (non-hydrogen) atoms. The molecule has 1 fully saturated rings. The normalized spacial score (nSPS) is 15.6. The predicted molar refractivity (Wildman–Crippen MR) is 135 cm³/mol. The lowest BCUT2D eigenvalue weighted by molar-refractivity contribution is -0.130. The first kappa shape index (κ1) is 23.6. The van der Waals surface area contributed by atoms with Crippen molar-refractivity contribution in [2.24, 2.45) is 0 Å². The largest absolute Gasteiger partial charge is 0.336 e. The molecule has 0 unspecified atom stereocenters. The van der Waals surface area contributed by atoms with Gasteiger partial charge in [0, 0.05) is 18.8 Å². The molecule has 3 aromatic carbocycles. The van der Waals surface area contributed by atoms with Crippen LogP contribution in [0.25, 0.3) is 0 Å². The molecule has 2 amide bonds. The van der Waals surface area contributed by atoms with Gasteiger partial charge in [-0.1, -0.05) is 60.7 Å². The molecular formula is C27H26FN3O2S. The van der Waals surface area contributed by atoms with E-state index in [9.17, 15) is 14.0 Å². The summed E-state index contributed by atoms with van der Waals surface area (Å²) in [4.78, 5) is 29.6. The zero-order valence-electron chi connectivity index (χ0n) is 18.7. The summed E-state index contributed by atoms with van der Waals surface area (Å²) in [6.45, 7) is 0.991. The maximum absolute atomic E-state index is 13.4. The van der Waals surface area contributed by atoms with E-state index in [-0.39, 0.29) is 24.1 Å².